The van der Waals surface area contributed by atoms with E-state index < -0.39 is 17.7 Å². The number of amides is 2. The van der Waals surface area contributed by atoms with Gasteiger partial charge in [-0.25, -0.2) is 4.79 Å². The first-order chi connectivity index (χ1) is 15.3. The van der Waals surface area contributed by atoms with Gasteiger partial charge in [-0.2, -0.15) is 0 Å². The fourth-order valence-corrected chi connectivity index (χ4v) is 3.63. The Kier molecular flexibility index (Phi) is 11.8. The van der Waals surface area contributed by atoms with Gasteiger partial charge in [-0.15, -0.1) is 23.2 Å². The maximum absolute atomic E-state index is 13.1. The summed E-state index contributed by atoms with van der Waals surface area (Å²) in [7, 11) is 6.33. The van der Waals surface area contributed by atoms with Gasteiger partial charge >= 0.3 is 6.09 Å². The minimum Gasteiger partial charge on any atom is -0.443 e. The molecule has 9 heteroatoms. The molecule has 7 nitrogen and oxygen atoms in total. The Bertz CT molecular complexity index is 740. The number of anilines is 2. The third-order valence-corrected chi connectivity index (χ3v) is 5.20. The van der Waals surface area contributed by atoms with E-state index in [1.807, 2.05) is 24.3 Å². The first-order valence-electron chi connectivity index (χ1n) is 11.4. The fourth-order valence-electron chi connectivity index (χ4n) is 3.23. The minimum atomic E-state index is -0.739. The molecule has 1 rings (SSSR count). The molecule has 0 fully saturated rings. The van der Waals surface area contributed by atoms with E-state index in [1.165, 1.54) is 4.90 Å². The summed E-state index contributed by atoms with van der Waals surface area (Å²) in [6, 6.07) is 6.69. The molecular weight excluding hydrogens is 463 g/mol. The normalized spacial score (nSPS) is 12.8. The van der Waals surface area contributed by atoms with Crippen molar-refractivity contribution >= 4 is 46.6 Å². The first kappa shape index (κ1) is 29.3. The van der Waals surface area contributed by atoms with E-state index in [1.54, 1.807) is 27.7 Å². The highest BCUT2D eigenvalue weighted by Crippen LogP contribution is 2.25. The maximum atomic E-state index is 13.1. The molecule has 0 radical (unpaired) electrons. The molecule has 0 aliphatic rings. The Morgan fingerprint density at radius 3 is 2.00 bits per heavy atom. The van der Waals surface area contributed by atoms with Crippen molar-refractivity contribution in [1.29, 1.82) is 0 Å². The molecule has 1 aromatic rings. The molecule has 0 heterocycles. The lowest BCUT2D eigenvalue weighted by atomic mass is 10.2. The number of quaternary nitrogens is 1. The number of nitrogens with one attached hydrogen (secondary N) is 1. The highest BCUT2D eigenvalue weighted by atomic mass is 35.5. The SMILES string of the molecule is C[C@@H](C(=O)NCCC[N+](C)(C)C)N(C(=O)OC(C)(C)C)c1ccc(N(CCCl)CCCl)cc1. The summed E-state index contributed by atoms with van der Waals surface area (Å²) in [5, 5.41) is 2.95. The molecule has 0 aromatic heterocycles. The van der Waals surface area contributed by atoms with E-state index in [4.69, 9.17) is 27.9 Å². The minimum absolute atomic E-state index is 0.225. The molecule has 0 aliphatic carbocycles. The molecule has 0 bridgehead atoms. The molecule has 0 aliphatic heterocycles. The van der Waals surface area contributed by atoms with E-state index >= 15 is 0 Å². The second kappa shape index (κ2) is 13.3. The lowest BCUT2D eigenvalue weighted by Crippen LogP contribution is -2.50. The topological polar surface area (TPSA) is 61.9 Å². The number of ether oxygens (including phenoxy) is 1. The Hall–Kier alpha value is -1.70. The van der Waals surface area contributed by atoms with Crippen molar-refractivity contribution in [2.75, 3.05) is 68.9 Å². The zero-order chi connectivity index (χ0) is 25.2. The fraction of sp³-hybridized carbons (Fsp3) is 0.667. The number of halogens is 2. The third kappa shape index (κ3) is 10.8. The smallest absolute Gasteiger partial charge is 0.415 e. The zero-order valence-corrected chi connectivity index (χ0v) is 22.7. The number of alkyl halides is 2. The van der Waals surface area contributed by atoms with Gasteiger partial charge in [0.2, 0.25) is 5.91 Å². The van der Waals surface area contributed by atoms with Crippen molar-refractivity contribution in [2.45, 2.75) is 45.8 Å². The lowest BCUT2D eigenvalue weighted by molar-refractivity contribution is -0.870. The predicted octanol–water partition coefficient (Wildman–Crippen LogP) is 4.31. The van der Waals surface area contributed by atoms with Gasteiger partial charge in [0.25, 0.3) is 0 Å². The van der Waals surface area contributed by atoms with Gasteiger partial charge in [0, 0.05) is 49.2 Å². The highest BCUT2D eigenvalue weighted by molar-refractivity contribution is 6.18. The van der Waals surface area contributed by atoms with Crippen LogP contribution in [0.4, 0.5) is 16.2 Å². The molecule has 1 N–H and O–H groups in total. The number of carbonyl (C=O) groups is 2. The van der Waals surface area contributed by atoms with Gasteiger partial charge in [0.1, 0.15) is 11.6 Å². The summed E-state index contributed by atoms with van der Waals surface area (Å²) in [6.07, 6.45) is 0.280. The number of hydrogen-bond donors (Lipinski definition) is 1. The molecule has 1 aromatic carbocycles. The van der Waals surface area contributed by atoms with Crippen LogP contribution < -0.4 is 15.1 Å². The van der Waals surface area contributed by atoms with Crippen LogP contribution in [0, 0.1) is 0 Å². The largest absolute Gasteiger partial charge is 0.443 e. The van der Waals surface area contributed by atoms with Crippen molar-refractivity contribution in [2.24, 2.45) is 0 Å². The standard InChI is InChI=1S/C24H40Cl2N4O3/c1-19(22(31)27-15-8-18-30(5,6)7)29(23(32)33-24(2,3)4)21-11-9-20(10-12-21)28(16-13-25)17-14-26/h9-12,19H,8,13-18H2,1-7H3/p+1/t19-/m0/s1. The van der Waals surface area contributed by atoms with Gasteiger partial charge in [-0.3, -0.25) is 9.69 Å². The second-order valence-electron chi connectivity index (χ2n) is 10.1. The van der Waals surface area contributed by atoms with Crippen LogP contribution in [0.5, 0.6) is 0 Å². The van der Waals surface area contributed by atoms with Crippen LogP contribution in [0.25, 0.3) is 0 Å². The van der Waals surface area contributed by atoms with E-state index in [-0.39, 0.29) is 5.91 Å². The average molecular weight is 505 g/mol. The van der Waals surface area contributed by atoms with Gasteiger partial charge < -0.3 is 19.4 Å². The molecule has 0 saturated carbocycles. The van der Waals surface area contributed by atoms with Crippen LogP contribution in [-0.2, 0) is 9.53 Å². The number of benzene rings is 1. The third-order valence-electron chi connectivity index (χ3n) is 4.86. The van der Waals surface area contributed by atoms with Gasteiger partial charge in [-0.1, -0.05) is 0 Å². The maximum Gasteiger partial charge on any atom is 0.415 e. The lowest BCUT2D eigenvalue weighted by Gasteiger charge is -2.32. The van der Waals surface area contributed by atoms with E-state index in [9.17, 15) is 9.59 Å². The van der Waals surface area contributed by atoms with Crippen LogP contribution in [0.15, 0.2) is 24.3 Å². The van der Waals surface area contributed by atoms with Crippen molar-refractivity contribution < 1.29 is 18.8 Å². The van der Waals surface area contributed by atoms with E-state index in [0.717, 1.165) is 23.1 Å². The van der Waals surface area contributed by atoms with Crippen LogP contribution in [0.3, 0.4) is 0 Å². The molecule has 0 saturated heterocycles. The molecule has 33 heavy (non-hydrogen) atoms. The van der Waals surface area contributed by atoms with Crippen LogP contribution >= 0.6 is 23.2 Å². The average Bonchev–Trinajstić information content (AvgIpc) is 2.69. The Labute approximate surface area is 209 Å². The summed E-state index contributed by atoms with van der Waals surface area (Å²) in [4.78, 5) is 29.4. The molecule has 1 atom stereocenters. The van der Waals surface area contributed by atoms with Crippen LogP contribution in [0.2, 0.25) is 0 Å². The van der Waals surface area contributed by atoms with Gasteiger partial charge in [-0.05, 0) is 52.0 Å². The Morgan fingerprint density at radius 1 is 1.03 bits per heavy atom. The number of nitrogens with zero attached hydrogens (tertiary/aromatic N) is 3. The van der Waals surface area contributed by atoms with Crippen molar-refractivity contribution in [1.82, 2.24) is 5.32 Å². The van der Waals surface area contributed by atoms with Crippen molar-refractivity contribution in [3.63, 3.8) is 0 Å². The molecular formula is C24H41Cl2N4O3+. The van der Waals surface area contributed by atoms with Crippen molar-refractivity contribution in [3.05, 3.63) is 24.3 Å². The van der Waals surface area contributed by atoms with E-state index in [2.05, 4.69) is 31.4 Å². The second-order valence-corrected chi connectivity index (χ2v) is 10.8. The Morgan fingerprint density at radius 2 is 1.55 bits per heavy atom. The number of hydrogen-bond acceptors (Lipinski definition) is 4. The molecule has 2 amide bonds. The summed E-state index contributed by atoms with van der Waals surface area (Å²) in [5.41, 5.74) is 0.841. The van der Waals surface area contributed by atoms with Crippen LogP contribution in [-0.4, -0.2) is 87.2 Å². The summed E-state index contributed by atoms with van der Waals surface area (Å²) < 4.78 is 6.44. The predicted molar refractivity (Wildman–Crippen MR) is 139 cm³/mol. The summed E-state index contributed by atoms with van der Waals surface area (Å²) >= 11 is 11.8. The van der Waals surface area contributed by atoms with Crippen LogP contribution in [0.1, 0.15) is 34.1 Å². The zero-order valence-electron chi connectivity index (χ0n) is 21.2. The number of rotatable bonds is 12. The number of carbonyl (C=O) groups excluding carboxylic acids is 2. The molecule has 0 unspecified atom stereocenters. The summed E-state index contributed by atoms with van der Waals surface area (Å²) in [6.45, 7) is 9.93. The quantitative estimate of drug-likeness (QED) is 0.262. The van der Waals surface area contributed by atoms with Gasteiger partial charge in [0.15, 0.2) is 0 Å². The molecule has 188 valence electrons. The monoisotopic (exact) mass is 503 g/mol. The molecule has 0 spiro atoms. The van der Waals surface area contributed by atoms with E-state index in [0.29, 0.717) is 37.1 Å². The first-order valence-corrected chi connectivity index (χ1v) is 12.4. The summed E-state index contributed by atoms with van der Waals surface area (Å²) in [5.74, 6) is 0.735. The Balaban J connectivity index is 3.06. The highest BCUT2D eigenvalue weighted by Gasteiger charge is 2.31. The van der Waals surface area contributed by atoms with Crippen molar-refractivity contribution in [3.8, 4) is 0 Å². The van der Waals surface area contributed by atoms with Gasteiger partial charge in [0.05, 0.1) is 27.7 Å².